The summed E-state index contributed by atoms with van der Waals surface area (Å²) in [6, 6.07) is 14.7. The largest absolute Gasteiger partial charge is 0.340 e. The number of carbonyl (C=O) groups is 2. The Kier molecular flexibility index (Phi) is 5.85. The number of aryl methyl sites for hydroxylation is 2. The number of para-hydroxylation sites is 1. The molecule has 1 unspecified atom stereocenters. The predicted octanol–water partition coefficient (Wildman–Crippen LogP) is 2.19. The van der Waals surface area contributed by atoms with Crippen molar-refractivity contribution in [3.63, 3.8) is 0 Å². The Labute approximate surface area is 183 Å². The van der Waals surface area contributed by atoms with E-state index in [1.165, 1.54) is 4.31 Å². The van der Waals surface area contributed by atoms with Crippen LogP contribution >= 0.6 is 0 Å². The summed E-state index contributed by atoms with van der Waals surface area (Å²) in [6.45, 7) is 5.27. The molecule has 2 heterocycles. The van der Waals surface area contributed by atoms with Crippen LogP contribution in [0.5, 0.6) is 0 Å². The number of hydrogen-bond acceptors (Lipinski definition) is 4. The van der Waals surface area contributed by atoms with Crippen molar-refractivity contribution in [2.24, 2.45) is 5.92 Å². The molecule has 2 aromatic carbocycles. The fourth-order valence-electron chi connectivity index (χ4n) is 4.37. The molecule has 2 saturated heterocycles. The number of carbonyl (C=O) groups excluding carboxylic acids is 2. The van der Waals surface area contributed by atoms with E-state index in [2.05, 4.69) is 0 Å². The van der Waals surface area contributed by atoms with E-state index in [0.29, 0.717) is 24.5 Å². The van der Waals surface area contributed by atoms with Crippen LogP contribution in [0.4, 0.5) is 5.69 Å². The first-order valence-corrected chi connectivity index (χ1v) is 11.9. The number of rotatable bonds is 4. The molecule has 1 atom stereocenters. The summed E-state index contributed by atoms with van der Waals surface area (Å²) in [5, 5.41) is 0. The molecule has 31 heavy (non-hydrogen) atoms. The maximum Gasteiger partial charge on any atom is 0.243 e. The van der Waals surface area contributed by atoms with Gasteiger partial charge in [-0.2, -0.15) is 4.31 Å². The summed E-state index contributed by atoms with van der Waals surface area (Å²) in [5.74, 6) is -0.522. The summed E-state index contributed by atoms with van der Waals surface area (Å²) >= 11 is 0. The standard InChI is InChI=1S/C23H27N3O4S/c1-17-8-9-21(18(2)14-17)31(29,30)25-12-10-24(11-13-25)23(28)19-15-22(27)26(16-19)20-6-4-3-5-7-20/h3-9,14,19H,10-13,15-16H2,1-2H3. The van der Waals surface area contributed by atoms with Crippen LogP contribution in [0.1, 0.15) is 17.5 Å². The minimum absolute atomic E-state index is 0.0550. The third-order valence-electron chi connectivity index (χ3n) is 6.04. The Morgan fingerprint density at radius 2 is 1.65 bits per heavy atom. The lowest BCUT2D eigenvalue weighted by molar-refractivity contribution is -0.136. The van der Waals surface area contributed by atoms with E-state index < -0.39 is 15.9 Å². The number of benzene rings is 2. The van der Waals surface area contributed by atoms with Gasteiger partial charge in [0.05, 0.1) is 10.8 Å². The van der Waals surface area contributed by atoms with Gasteiger partial charge in [-0.3, -0.25) is 9.59 Å². The fraction of sp³-hybridized carbons (Fsp3) is 0.391. The Morgan fingerprint density at radius 1 is 0.968 bits per heavy atom. The second-order valence-electron chi connectivity index (χ2n) is 8.24. The zero-order valence-corrected chi connectivity index (χ0v) is 18.6. The van der Waals surface area contributed by atoms with Crippen LogP contribution < -0.4 is 4.90 Å². The second-order valence-corrected chi connectivity index (χ2v) is 10.1. The molecular weight excluding hydrogens is 414 g/mol. The highest BCUT2D eigenvalue weighted by Gasteiger charge is 2.39. The lowest BCUT2D eigenvalue weighted by Gasteiger charge is -2.35. The van der Waals surface area contributed by atoms with Gasteiger partial charge in [-0.15, -0.1) is 0 Å². The first-order chi connectivity index (χ1) is 14.8. The number of piperazine rings is 1. The van der Waals surface area contributed by atoms with E-state index in [0.717, 1.165) is 16.8 Å². The maximum absolute atomic E-state index is 13.1. The highest BCUT2D eigenvalue weighted by molar-refractivity contribution is 7.89. The summed E-state index contributed by atoms with van der Waals surface area (Å²) in [7, 11) is -3.60. The quantitative estimate of drug-likeness (QED) is 0.729. The lowest BCUT2D eigenvalue weighted by atomic mass is 10.1. The van der Waals surface area contributed by atoms with E-state index in [4.69, 9.17) is 0 Å². The van der Waals surface area contributed by atoms with Crippen LogP contribution in [0.25, 0.3) is 0 Å². The van der Waals surface area contributed by atoms with Crippen molar-refractivity contribution >= 4 is 27.5 Å². The Balaban J connectivity index is 1.40. The molecule has 0 N–H and O–H groups in total. The van der Waals surface area contributed by atoms with E-state index in [-0.39, 0.29) is 31.3 Å². The molecule has 0 bridgehead atoms. The first kappa shape index (κ1) is 21.5. The molecule has 2 aliphatic rings. The summed E-state index contributed by atoms with van der Waals surface area (Å²) < 4.78 is 27.6. The second kappa shape index (κ2) is 8.43. The van der Waals surface area contributed by atoms with Gasteiger partial charge in [-0.1, -0.05) is 35.9 Å². The molecule has 2 aliphatic heterocycles. The normalized spacial score (nSPS) is 20.3. The van der Waals surface area contributed by atoms with Gasteiger partial charge in [-0.05, 0) is 37.6 Å². The summed E-state index contributed by atoms with van der Waals surface area (Å²) in [6.07, 6.45) is 0.189. The molecule has 0 spiro atoms. The number of sulfonamides is 1. The maximum atomic E-state index is 13.1. The van der Waals surface area contributed by atoms with Crippen LogP contribution in [0.3, 0.4) is 0 Å². The minimum Gasteiger partial charge on any atom is -0.340 e. The molecule has 2 fully saturated rings. The number of hydrogen-bond donors (Lipinski definition) is 0. The van der Waals surface area contributed by atoms with Crippen molar-refractivity contribution < 1.29 is 18.0 Å². The third kappa shape index (κ3) is 4.22. The molecule has 2 aromatic rings. The molecule has 0 radical (unpaired) electrons. The zero-order valence-electron chi connectivity index (χ0n) is 17.8. The van der Waals surface area contributed by atoms with Gasteiger partial charge in [0.2, 0.25) is 21.8 Å². The van der Waals surface area contributed by atoms with Crippen molar-refractivity contribution in [3.05, 3.63) is 59.7 Å². The molecule has 2 amide bonds. The molecule has 0 aliphatic carbocycles. The molecule has 164 valence electrons. The van der Waals surface area contributed by atoms with Crippen LogP contribution in [0.15, 0.2) is 53.4 Å². The average Bonchev–Trinajstić information content (AvgIpc) is 3.15. The molecule has 0 saturated carbocycles. The van der Waals surface area contributed by atoms with Gasteiger partial charge in [0.25, 0.3) is 0 Å². The van der Waals surface area contributed by atoms with E-state index >= 15 is 0 Å². The van der Waals surface area contributed by atoms with E-state index in [1.54, 1.807) is 28.9 Å². The number of anilines is 1. The van der Waals surface area contributed by atoms with Gasteiger partial charge >= 0.3 is 0 Å². The van der Waals surface area contributed by atoms with Crippen molar-refractivity contribution in [3.8, 4) is 0 Å². The van der Waals surface area contributed by atoms with E-state index in [9.17, 15) is 18.0 Å². The first-order valence-electron chi connectivity index (χ1n) is 10.5. The summed E-state index contributed by atoms with van der Waals surface area (Å²) in [5.41, 5.74) is 2.54. The zero-order chi connectivity index (χ0) is 22.2. The smallest absolute Gasteiger partial charge is 0.243 e. The topological polar surface area (TPSA) is 78.0 Å². The number of nitrogens with zero attached hydrogens (tertiary/aromatic N) is 3. The van der Waals surface area contributed by atoms with Crippen LogP contribution in [-0.4, -0.2) is 62.2 Å². The highest BCUT2D eigenvalue weighted by atomic mass is 32.2. The Morgan fingerprint density at radius 3 is 2.29 bits per heavy atom. The van der Waals surface area contributed by atoms with Gasteiger partial charge in [0, 0.05) is 44.8 Å². The molecular formula is C23H27N3O4S. The van der Waals surface area contributed by atoms with E-state index in [1.807, 2.05) is 43.3 Å². The highest BCUT2D eigenvalue weighted by Crippen LogP contribution is 2.27. The van der Waals surface area contributed by atoms with Crippen LogP contribution in [0.2, 0.25) is 0 Å². The minimum atomic E-state index is -3.60. The third-order valence-corrected chi connectivity index (χ3v) is 8.10. The van der Waals surface area contributed by atoms with Crippen LogP contribution in [-0.2, 0) is 19.6 Å². The van der Waals surface area contributed by atoms with Crippen molar-refractivity contribution in [2.45, 2.75) is 25.2 Å². The fourth-order valence-corrected chi connectivity index (χ4v) is 5.99. The molecule has 4 rings (SSSR count). The average molecular weight is 442 g/mol. The molecule has 7 nitrogen and oxygen atoms in total. The van der Waals surface area contributed by atoms with Crippen molar-refractivity contribution in [1.29, 1.82) is 0 Å². The number of amides is 2. The van der Waals surface area contributed by atoms with Crippen LogP contribution in [0, 0.1) is 19.8 Å². The monoisotopic (exact) mass is 441 g/mol. The van der Waals surface area contributed by atoms with Crippen molar-refractivity contribution in [2.75, 3.05) is 37.6 Å². The molecule has 0 aromatic heterocycles. The lowest BCUT2D eigenvalue weighted by Crippen LogP contribution is -2.52. The van der Waals surface area contributed by atoms with Gasteiger partial charge in [-0.25, -0.2) is 8.42 Å². The van der Waals surface area contributed by atoms with Crippen molar-refractivity contribution in [1.82, 2.24) is 9.21 Å². The summed E-state index contributed by atoms with van der Waals surface area (Å²) in [4.78, 5) is 29.1. The predicted molar refractivity (Wildman–Crippen MR) is 118 cm³/mol. The Bertz CT molecular complexity index is 1090. The molecule has 8 heteroatoms. The Hall–Kier alpha value is -2.71. The van der Waals surface area contributed by atoms with Gasteiger partial charge < -0.3 is 9.80 Å². The van der Waals surface area contributed by atoms with Gasteiger partial charge in [0.1, 0.15) is 0 Å². The van der Waals surface area contributed by atoms with Gasteiger partial charge in [0.15, 0.2) is 0 Å². The SMILES string of the molecule is Cc1ccc(S(=O)(=O)N2CCN(C(=O)C3CC(=O)N(c4ccccc4)C3)CC2)c(C)c1.